The van der Waals surface area contributed by atoms with Gasteiger partial charge in [-0.05, 0) is 31.0 Å². The van der Waals surface area contributed by atoms with E-state index in [9.17, 15) is 4.39 Å². The van der Waals surface area contributed by atoms with Crippen LogP contribution in [0.25, 0.3) is 0 Å². The van der Waals surface area contributed by atoms with Crippen LogP contribution in [0.4, 0.5) is 4.39 Å². The fourth-order valence-electron chi connectivity index (χ4n) is 1.70. The highest BCUT2D eigenvalue weighted by Gasteiger charge is 2.21. The number of halogens is 1. The lowest BCUT2D eigenvalue weighted by molar-refractivity contribution is 0.617. The van der Waals surface area contributed by atoms with E-state index in [1.165, 1.54) is 12.1 Å². The van der Waals surface area contributed by atoms with Crippen LogP contribution in [0, 0.1) is 12.7 Å². The van der Waals surface area contributed by atoms with E-state index < -0.39 is 0 Å². The summed E-state index contributed by atoms with van der Waals surface area (Å²) in [6, 6.07) is 6.51. The molecule has 2 N–H and O–H groups in total. The average Bonchev–Trinajstić information content (AvgIpc) is 2.82. The molecule has 0 saturated heterocycles. The largest absolute Gasteiger partial charge is 0.326 e. The van der Waals surface area contributed by atoms with Crippen molar-refractivity contribution in [2.75, 3.05) is 0 Å². The van der Waals surface area contributed by atoms with Crippen molar-refractivity contribution in [2.45, 2.75) is 35.9 Å². The lowest BCUT2D eigenvalue weighted by Gasteiger charge is -2.21. The second-order valence-corrected chi connectivity index (χ2v) is 6.82. The Hall–Kier alpha value is -0.980. The number of benzene rings is 1. The predicted molar refractivity (Wildman–Crippen MR) is 77.9 cm³/mol. The molecular formula is C13H16FN3S2. The van der Waals surface area contributed by atoms with Gasteiger partial charge in [-0.1, -0.05) is 42.2 Å². The summed E-state index contributed by atoms with van der Waals surface area (Å²) in [6.07, 6.45) is 0.854. The molecule has 0 aliphatic carbocycles. The Bertz CT molecular complexity index is 527. The Morgan fingerprint density at radius 1 is 1.32 bits per heavy atom. The first-order valence-electron chi connectivity index (χ1n) is 6.08. The fourth-order valence-corrected chi connectivity index (χ4v) is 3.95. The first-order chi connectivity index (χ1) is 9.10. The maximum atomic E-state index is 13.0. The second kappa shape index (κ2) is 6.45. The van der Waals surface area contributed by atoms with Crippen molar-refractivity contribution in [1.82, 2.24) is 10.2 Å². The average molecular weight is 297 g/mol. The van der Waals surface area contributed by atoms with Gasteiger partial charge in [0.1, 0.15) is 10.8 Å². The summed E-state index contributed by atoms with van der Waals surface area (Å²) in [6.45, 7) is 3.97. The van der Waals surface area contributed by atoms with Gasteiger partial charge >= 0.3 is 0 Å². The van der Waals surface area contributed by atoms with Gasteiger partial charge in [0.25, 0.3) is 0 Å². The van der Waals surface area contributed by atoms with Crippen LogP contribution in [0.5, 0.6) is 0 Å². The van der Waals surface area contributed by atoms with Crippen LogP contribution in [-0.2, 0) is 0 Å². The number of hydrogen-bond donors (Lipinski definition) is 1. The van der Waals surface area contributed by atoms with Gasteiger partial charge in [0.05, 0.1) is 5.25 Å². The lowest BCUT2D eigenvalue weighted by Crippen LogP contribution is -2.25. The van der Waals surface area contributed by atoms with Crippen LogP contribution in [0.2, 0.25) is 0 Å². The third-order valence-corrected chi connectivity index (χ3v) is 5.13. The molecule has 6 heteroatoms. The first-order valence-corrected chi connectivity index (χ1v) is 7.77. The third kappa shape index (κ3) is 3.75. The summed E-state index contributed by atoms with van der Waals surface area (Å²) < 4.78 is 13.9. The van der Waals surface area contributed by atoms with E-state index in [-0.39, 0.29) is 17.1 Å². The van der Waals surface area contributed by atoms with Gasteiger partial charge in [0, 0.05) is 6.04 Å². The molecule has 19 heavy (non-hydrogen) atoms. The zero-order valence-electron chi connectivity index (χ0n) is 10.8. The molecule has 0 aliphatic rings. The smallest absolute Gasteiger partial charge is 0.174 e. The highest BCUT2D eigenvalue weighted by atomic mass is 32.2. The third-order valence-electron chi connectivity index (χ3n) is 2.79. The summed E-state index contributed by atoms with van der Waals surface area (Å²) in [5.74, 6) is -0.232. The first kappa shape index (κ1) is 14.4. The molecule has 102 valence electrons. The van der Waals surface area contributed by atoms with Crippen molar-refractivity contribution < 1.29 is 4.39 Å². The van der Waals surface area contributed by atoms with Gasteiger partial charge in [-0.15, -0.1) is 10.2 Å². The van der Waals surface area contributed by atoms with Crippen molar-refractivity contribution in [1.29, 1.82) is 0 Å². The van der Waals surface area contributed by atoms with Crippen molar-refractivity contribution >= 4 is 23.1 Å². The van der Waals surface area contributed by atoms with Crippen LogP contribution in [0.15, 0.2) is 28.6 Å². The fraction of sp³-hybridized carbons (Fsp3) is 0.385. The zero-order chi connectivity index (χ0) is 13.8. The number of aromatic nitrogens is 2. The molecule has 2 rings (SSSR count). The highest BCUT2D eigenvalue weighted by Crippen LogP contribution is 2.39. The number of thioether (sulfide) groups is 1. The molecule has 0 spiro atoms. The Morgan fingerprint density at radius 2 is 2.00 bits per heavy atom. The van der Waals surface area contributed by atoms with Crippen LogP contribution in [-0.4, -0.2) is 16.2 Å². The number of rotatable bonds is 5. The molecule has 2 aromatic rings. The van der Waals surface area contributed by atoms with E-state index in [1.807, 2.05) is 13.8 Å². The van der Waals surface area contributed by atoms with Gasteiger partial charge in [-0.25, -0.2) is 4.39 Å². The number of nitrogens with two attached hydrogens (primary N) is 1. The molecular weight excluding hydrogens is 281 g/mol. The second-order valence-electron chi connectivity index (χ2n) is 4.25. The number of nitrogens with zero attached hydrogens (tertiary/aromatic N) is 2. The van der Waals surface area contributed by atoms with E-state index in [4.69, 9.17) is 5.73 Å². The summed E-state index contributed by atoms with van der Waals surface area (Å²) in [5, 5.41) is 9.13. The quantitative estimate of drug-likeness (QED) is 0.857. The Balaban J connectivity index is 2.23. The molecule has 0 saturated carbocycles. The normalized spacial score (nSPS) is 14.3. The van der Waals surface area contributed by atoms with Crippen molar-refractivity contribution in [3.63, 3.8) is 0 Å². The minimum atomic E-state index is -0.232. The molecule has 0 radical (unpaired) electrons. The number of aryl methyl sites for hydroxylation is 1. The summed E-state index contributed by atoms with van der Waals surface area (Å²) >= 11 is 3.15. The van der Waals surface area contributed by atoms with Gasteiger partial charge in [-0.3, -0.25) is 0 Å². The number of hydrogen-bond acceptors (Lipinski definition) is 5. The minimum Gasteiger partial charge on any atom is -0.326 e. The molecule has 2 atom stereocenters. The van der Waals surface area contributed by atoms with Gasteiger partial charge in [-0.2, -0.15) is 0 Å². The Labute approximate surface area is 120 Å². The predicted octanol–water partition coefficient (Wildman–Crippen LogP) is 3.56. The molecule has 0 bridgehead atoms. The molecule has 0 aliphatic heterocycles. The molecule has 1 heterocycles. The van der Waals surface area contributed by atoms with E-state index in [0.29, 0.717) is 0 Å². The topological polar surface area (TPSA) is 51.8 Å². The molecule has 1 aromatic carbocycles. The van der Waals surface area contributed by atoms with Crippen LogP contribution in [0.3, 0.4) is 0 Å². The lowest BCUT2D eigenvalue weighted by atomic mass is 10.0. The molecule has 3 nitrogen and oxygen atoms in total. The van der Waals surface area contributed by atoms with E-state index in [1.54, 1.807) is 35.2 Å². The van der Waals surface area contributed by atoms with E-state index in [2.05, 4.69) is 10.2 Å². The summed E-state index contributed by atoms with van der Waals surface area (Å²) in [4.78, 5) is 0. The minimum absolute atomic E-state index is 0.000308. The summed E-state index contributed by atoms with van der Waals surface area (Å²) in [5.41, 5.74) is 7.21. The summed E-state index contributed by atoms with van der Waals surface area (Å²) in [7, 11) is 0. The van der Waals surface area contributed by atoms with Crippen LogP contribution in [0.1, 0.15) is 29.2 Å². The van der Waals surface area contributed by atoms with E-state index in [0.717, 1.165) is 21.3 Å². The molecule has 0 amide bonds. The monoisotopic (exact) mass is 297 g/mol. The maximum absolute atomic E-state index is 13.0. The molecule has 1 aromatic heterocycles. The van der Waals surface area contributed by atoms with Crippen molar-refractivity contribution in [2.24, 2.45) is 5.73 Å². The van der Waals surface area contributed by atoms with Crippen molar-refractivity contribution in [3.05, 3.63) is 40.7 Å². The van der Waals surface area contributed by atoms with Crippen LogP contribution >= 0.6 is 23.1 Å². The Morgan fingerprint density at radius 3 is 2.53 bits per heavy atom. The van der Waals surface area contributed by atoms with E-state index >= 15 is 0 Å². The van der Waals surface area contributed by atoms with Gasteiger partial charge in [0.15, 0.2) is 4.34 Å². The van der Waals surface area contributed by atoms with Gasteiger partial charge in [0.2, 0.25) is 0 Å². The Kier molecular flexibility index (Phi) is 4.90. The van der Waals surface area contributed by atoms with Gasteiger partial charge < -0.3 is 5.73 Å². The molecule has 0 fully saturated rings. The zero-order valence-corrected chi connectivity index (χ0v) is 12.5. The maximum Gasteiger partial charge on any atom is 0.174 e. The van der Waals surface area contributed by atoms with Crippen LogP contribution < -0.4 is 5.73 Å². The highest BCUT2D eigenvalue weighted by molar-refractivity contribution is 8.01. The molecule has 2 unspecified atom stereocenters. The standard InChI is InChI=1S/C13H16FN3S2/c1-3-11(15)12(9-4-6-10(14)7-5-9)19-13-17-16-8(2)18-13/h4-7,11-12H,3,15H2,1-2H3. The van der Waals surface area contributed by atoms with Crippen molar-refractivity contribution in [3.8, 4) is 0 Å². The SMILES string of the molecule is CCC(N)C(Sc1nnc(C)s1)c1ccc(F)cc1.